The quantitative estimate of drug-likeness (QED) is 0.870. The Labute approximate surface area is 109 Å². The third kappa shape index (κ3) is 3.02. The second-order valence-electron chi connectivity index (χ2n) is 5.77. The van der Waals surface area contributed by atoms with E-state index in [0.717, 1.165) is 29.6 Å². The van der Waals surface area contributed by atoms with Crippen LogP contribution in [0.25, 0.3) is 0 Å². The zero-order valence-electron chi connectivity index (χ0n) is 11.5. The molecule has 0 heterocycles. The summed E-state index contributed by atoms with van der Waals surface area (Å²) < 4.78 is 13.9. The van der Waals surface area contributed by atoms with E-state index in [0.29, 0.717) is 6.42 Å². The maximum atomic E-state index is 13.9. The Kier molecular flexibility index (Phi) is 3.91. The number of halogens is 1. The monoisotopic (exact) mass is 250 g/mol. The molecule has 1 aromatic rings. The number of anilines is 1. The Bertz CT molecular complexity index is 417. The van der Waals surface area contributed by atoms with Crippen LogP contribution in [0.2, 0.25) is 0 Å². The van der Waals surface area contributed by atoms with Crippen LogP contribution in [-0.2, 0) is 6.42 Å². The second kappa shape index (κ2) is 5.27. The first-order valence-electron chi connectivity index (χ1n) is 6.73. The Balaban J connectivity index is 2.17. The molecule has 1 aliphatic rings. The fourth-order valence-electron chi connectivity index (χ4n) is 2.53. The molecule has 18 heavy (non-hydrogen) atoms. The van der Waals surface area contributed by atoms with Crippen LogP contribution >= 0.6 is 0 Å². The molecule has 100 valence electrons. The first kappa shape index (κ1) is 13.3. The molecule has 2 N–H and O–H groups in total. The lowest BCUT2D eigenvalue weighted by molar-refractivity contribution is 0.593. The number of hydrogen-bond donors (Lipinski definition) is 1. The Morgan fingerprint density at radius 2 is 2.17 bits per heavy atom. The lowest BCUT2D eigenvalue weighted by atomic mass is 10.0. The number of nitrogens with two attached hydrogens (primary N) is 1. The maximum Gasteiger partial charge on any atom is 0.128 e. The van der Waals surface area contributed by atoms with Crippen molar-refractivity contribution in [1.82, 2.24) is 0 Å². The highest BCUT2D eigenvalue weighted by atomic mass is 19.1. The van der Waals surface area contributed by atoms with E-state index in [1.807, 2.05) is 20.0 Å². The van der Waals surface area contributed by atoms with E-state index in [2.05, 4.69) is 11.8 Å². The van der Waals surface area contributed by atoms with Crippen LogP contribution in [0.1, 0.15) is 25.8 Å². The molecule has 3 unspecified atom stereocenters. The van der Waals surface area contributed by atoms with E-state index in [9.17, 15) is 4.39 Å². The summed E-state index contributed by atoms with van der Waals surface area (Å²) in [6.07, 6.45) is 1.88. The molecule has 2 rings (SSSR count). The van der Waals surface area contributed by atoms with E-state index in [1.165, 1.54) is 12.5 Å². The van der Waals surface area contributed by atoms with Crippen molar-refractivity contribution in [2.75, 3.05) is 18.5 Å². The van der Waals surface area contributed by atoms with Gasteiger partial charge in [-0.3, -0.25) is 0 Å². The van der Waals surface area contributed by atoms with Crippen molar-refractivity contribution < 1.29 is 4.39 Å². The highest BCUT2D eigenvalue weighted by Gasteiger charge is 2.33. The van der Waals surface area contributed by atoms with Crippen LogP contribution in [0.4, 0.5) is 10.1 Å². The predicted octanol–water partition coefficient (Wildman–Crippen LogP) is 2.81. The minimum Gasteiger partial charge on any atom is -0.374 e. The van der Waals surface area contributed by atoms with Gasteiger partial charge in [0.05, 0.1) is 0 Å². The van der Waals surface area contributed by atoms with Crippen molar-refractivity contribution in [3.05, 3.63) is 29.6 Å². The molecule has 0 aromatic heterocycles. The fourth-order valence-corrected chi connectivity index (χ4v) is 2.53. The molecular formula is C15H23FN2. The van der Waals surface area contributed by atoms with Crippen molar-refractivity contribution in [3.8, 4) is 0 Å². The first-order valence-corrected chi connectivity index (χ1v) is 6.73. The number of rotatable bonds is 5. The van der Waals surface area contributed by atoms with Crippen LogP contribution in [-0.4, -0.2) is 19.6 Å². The van der Waals surface area contributed by atoms with Gasteiger partial charge in [0.2, 0.25) is 0 Å². The van der Waals surface area contributed by atoms with E-state index in [1.54, 1.807) is 6.07 Å². The number of nitrogens with zero attached hydrogens (tertiary/aromatic N) is 1. The van der Waals surface area contributed by atoms with Crippen molar-refractivity contribution in [1.29, 1.82) is 0 Å². The molecule has 2 nitrogen and oxygen atoms in total. The highest BCUT2D eigenvalue weighted by molar-refractivity contribution is 5.54. The third-order valence-electron chi connectivity index (χ3n) is 3.82. The third-order valence-corrected chi connectivity index (χ3v) is 3.82. The molecule has 0 saturated heterocycles. The van der Waals surface area contributed by atoms with E-state index in [4.69, 9.17) is 5.73 Å². The Hall–Kier alpha value is -1.09. The van der Waals surface area contributed by atoms with Gasteiger partial charge in [-0.2, -0.15) is 0 Å². The zero-order valence-corrected chi connectivity index (χ0v) is 11.5. The minimum absolute atomic E-state index is 0.0195. The molecule has 0 spiro atoms. The fraction of sp³-hybridized carbons (Fsp3) is 0.600. The largest absolute Gasteiger partial charge is 0.374 e. The first-order chi connectivity index (χ1) is 8.49. The number of hydrogen-bond acceptors (Lipinski definition) is 2. The van der Waals surface area contributed by atoms with Crippen LogP contribution in [0.5, 0.6) is 0 Å². The molecule has 3 heteroatoms. The van der Waals surface area contributed by atoms with Crippen LogP contribution in [0.15, 0.2) is 18.2 Å². The van der Waals surface area contributed by atoms with Gasteiger partial charge >= 0.3 is 0 Å². The van der Waals surface area contributed by atoms with Crippen molar-refractivity contribution in [3.63, 3.8) is 0 Å². The maximum absolute atomic E-state index is 13.9. The molecule has 1 aromatic carbocycles. The van der Waals surface area contributed by atoms with Gasteiger partial charge in [-0.1, -0.05) is 13.0 Å². The standard InChI is InChI=1S/C15H23FN2/c1-10-7-12(10)9-18(3)15-6-4-5-14(16)13(15)8-11(2)17/h4-6,10-12H,7-9,17H2,1-3H3. The molecule has 0 aliphatic heterocycles. The lowest BCUT2D eigenvalue weighted by Gasteiger charge is -2.23. The lowest BCUT2D eigenvalue weighted by Crippen LogP contribution is -2.25. The molecule has 1 fully saturated rings. The molecule has 1 saturated carbocycles. The van der Waals surface area contributed by atoms with Crippen LogP contribution < -0.4 is 10.6 Å². The summed E-state index contributed by atoms with van der Waals surface area (Å²) in [6.45, 7) is 5.20. The summed E-state index contributed by atoms with van der Waals surface area (Å²) in [5, 5.41) is 0. The van der Waals surface area contributed by atoms with Crippen LogP contribution in [0, 0.1) is 17.7 Å². The summed E-state index contributed by atoms with van der Waals surface area (Å²) in [5.41, 5.74) is 7.56. The van der Waals surface area contributed by atoms with Gasteiger partial charge in [-0.25, -0.2) is 4.39 Å². The average molecular weight is 250 g/mol. The zero-order chi connectivity index (χ0) is 13.3. The Morgan fingerprint density at radius 3 is 2.72 bits per heavy atom. The minimum atomic E-state index is -0.138. The number of benzene rings is 1. The average Bonchev–Trinajstić information content (AvgIpc) is 2.96. The van der Waals surface area contributed by atoms with Gasteiger partial charge in [-0.05, 0) is 43.7 Å². The van der Waals surface area contributed by atoms with Gasteiger partial charge in [0.1, 0.15) is 5.82 Å². The summed E-state index contributed by atoms with van der Waals surface area (Å²) >= 11 is 0. The molecular weight excluding hydrogens is 227 g/mol. The molecule has 0 bridgehead atoms. The summed E-state index contributed by atoms with van der Waals surface area (Å²) in [6, 6.07) is 5.28. The summed E-state index contributed by atoms with van der Waals surface area (Å²) in [5.74, 6) is 1.44. The van der Waals surface area contributed by atoms with Crippen molar-refractivity contribution in [2.45, 2.75) is 32.7 Å². The topological polar surface area (TPSA) is 29.3 Å². The predicted molar refractivity (Wildman–Crippen MR) is 74.3 cm³/mol. The van der Waals surface area contributed by atoms with E-state index in [-0.39, 0.29) is 11.9 Å². The second-order valence-corrected chi connectivity index (χ2v) is 5.77. The van der Waals surface area contributed by atoms with Gasteiger partial charge in [0.25, 0.3) is 0 Å². The van der Waals surface area contributed by atoms with E-state index < -0.39 is 0 Å². The Morgan fingerprint density at radius 1 is 1.50 bits per heavy atom. The molecule has 0 radical (unpaired) electrons. The SMILES string of the molecule is CC(N)Cc1c(F)cccc1N(C)CC1CC1C. The smallest absolute Gasteiger partial charge is 0.128 e. The highest BCUT2D eigenvalue weighted by Crippen LogP contribution is 2.39. The van der Waals surface area contributed by atoms with E-state index >= 15 is 0 Å². The van der Waals surface area contributed by atoms with Gasteiger partial charge in [0, 0.05) is 30.9 Å². The summed E-state index contributed by atoms with van der Waals surface area (Å²) in [4.78, 5) is 2.18. The molecule has 1 aliphatic carbocycles. The molecule has 0 amide bonds. The van der Waals surface area contributed by atoms with Gasteiger partial charge in [0.15, 0.2) is 0 Å². The van der Waals surface area contributed by atoms with Crippen molar-refractivity contribution >= 4 is 5.69 Å². The summed E-state index contributed by atoms with van der Waals surface area (Å²) in [7, 11) is 2.05. The van der Waals surface area contributed by atoms with Gasteiger partial charge in [-0.15, -0.1) is 0 Å². The van der Waals surface area contributed by atoms with Crippen LogP contribution in [0.3, 0.4) is 0 Å². The normalized spacial score (nSPS) is 23.8. The van der Waals surface area contributed by atoms with Gasteiger partial charge < -0.3 is 10.6 Å². The molecule has 3 atom stereocenters. The van der Waals surface area contributed by atoms with Crippen molar-refractivity contribution in [2.24, 2.45) is 17.6 Å².